The van der Waals surface area contributed by atoms with Crippen LogP contribution in [-0.2, 0) is 6.54 Å². The van der Waals surface area contributed by atoms with E-state index in [9.17, 15) is 14.4 Å². The summed E-state index contributed by atoms with van der Waals surface area (Å²) in [5.41, 5.74) is 2.08. The van der Waals surface area contributed by atoms with E-state index in [0.717, 1.165) is 10.5 Å². The molecule has 0 spiro atoms. The SMILES string of the molecule is Cc1c(Cl)cccc1NC(=O)c1ccc2c(c1)C(=O)N(Cc1ccco1)C2=O. The van der Waals surface area contributed by atoms with E-state index in [4.69, 9.17) is 16.0 Å². The van der Waals surface area contributed by atoms with E-state index in [1.165, 1.54) is 24.5 Å². The number of imide groups is 1. The minimum absolute atomic E-state index is 0.0442. The predicted molar refractivity (Wildman–Crippen MR) is 103 cm³/mol. The van der Waals surface area contributed by atoms with Gasteiger partial charge in [0.05, 0.1) is 23.9 Å². The molecule has 0 atom stereocenters. The zero-order valence-corrected chi connectivity index (χ0v) is 15.6. The Morgan fingerprint density at radius 3 is 2.61 bits per heavy atom. The molecule has 4 rings (SSSR count). The van der Waals surface area contributed by atoms with Crippen LogP contribution in [0.1, 0.15) is 42.4 Å². The molecular formula is C21H15ClN2O4. The van der Waals surface area contributed by atoms with Crippen molar-refractivity contribution < 1.29 is 18.8 Å². The van der Waals surface area contributed by atoms with E-state index >= 15 is 0 Å². The summed E-state index contributed by atoms with van der Waals surface area (Å²) >= 11 is 6.08. The Morgan fingerprint density at radius 1 is 1.07 bits per heavy atom. The van der Waals surface area contributed by atoms with Gasteiger partial charge in [0.25, 0.3) is 17.7 Å². The molecule has 140 valence electrons. The van der Waals surface area contributed by atoms with Gasteiger partial charge in [-0.2, -0.15) is 0 Å². The minimum atomic E-state index is -0.454. The zero-order valence-electron chi connectivity index (χ0n) is 14.9. The molecule has 0 saturated heterocycles. The summed E-state index contributed by atoms with van der Waals surface area (Å²) in [6.45, 7) is 1.85. The van der Waals surface area contributed by atoms with Crippen LogP contribution in [0.3, 0.4) is 0 Å². The number of fused-ring (bicyclic) bond motifs is 1. The molecule has 3 amide bonds. The molecule has 0 radical (unpaired) electrons. The van der Waals surface area contributed by atoms with Crippen molar-refractivity contribution in [2.45, 2.75) is 13.5 Å². The van der Waals surface area contributed by atoms with Gasteiger partial charge in [0.2, 0.25) is 0 Å². The van der Waals surface area contributed by atoms with E-state index in [1.807, 2.05) is 0 Å². The summed E-state index contributed by atoms with van der Waals surface area (Å²) in [5.74, 6) is -0.749. The Labute approximate surface area is 165 Å². The smallest absolute Gasteiger partial charge is 0.261 e. The van der Waals surface area contributed by atoms with Crippen molar-refractivity contribution >= 4 is 35.0 Å². The van der Waals surface area contributed by atoms with Gasteiger partial charge in [0.15, 0.2) is 0 Å². The second-order valence-electron chi connectivity index (χ2n) is 6.40. The van der Waals surface area contributed by atoms with Gasteiger partial charge in [-0.1, -0.05) is 17.7 Å². The normalized spacial score (nSPS) is 13.0. The summed E-state index contributed by atoms with van der Waals surface area (Å²) < 4.78 is 5.22. The fourth-order valence-electron chi connectivity index (χ4n) is 3.07. The number of amides is 3. The lowest BCUT2D eigenvalue weighted by molar-refractivity contribution is 0.0631. The van der Waals surface area contributed by atoms with Crippen molar-refractivity contribution in [3.05, 3.63) is 87.8 Å². The lowest BCUT2D eigenvalue weighted by atomic mass is 10.0. The average Bonchev–Trinajstić information content (AvgIpc) is 3.28. The van der Waals surface area contributed by atoms with Crippen LogP contribution in [0.4, 0.5) is 5.69 Å². The zero-order chi connectivity index (χ0) is 19.8. The fraction of sp³-hybridized carbons (Fsp3) is 0.0952. The van der Waals surface area contributed by atoms with Crippen molar-refractivity contribution in [1.82, 2.24) is 4.90 Å². The summed E-state index contributed by atoms with van der Waals surface area (Å²) in [5, 5.41) is 3.33. The van der Waals surface area contributed by atoms with Gasteiger partial charge in [-0.3, -0.25) is 19.3 Å². The van der Waals surface area contributed by atoms with Gasteiger partial charge in [0, 0.05) is 16.3 Å². The predicted octanol–water partition coefficient (Wildman–Crippen LogP) is 4.29. The maximum atomic E-state index is 12.7. The van der Waals surface area contributed by atoms with E-state index in [1.54, 1.807) is 37.3 Å². The van der Waals surface area contributed by atoms with Gasteiger partial charge in [-0.05, 0) is 55.0 Å². The summed E-state index contributed by atoms with van der Waals surface area (Å²) in [6.07, 6.45) is 1.48. The number of benzene rings is 2. The molecule has 1 N–H and O–H groups in total. The average molecular weight is 395 g/mol. The highest BCUT2D eigenvalue weighted by Crippen LogP contribution is 2.27. The second-order valence-corrected chi connectivity index (χ2v) is 6.81. The molecule has 0 aliphatic carbocycles. The highest BCUT2D eigenvalue weighted by molar-refractivity contribution is 6.31. The third kappa shape index (κ3) is 3.08. The fourth-order valence-corrected chi connectivity index (χ4v) is 3.25. The number of anilines is 1. The molecule has 2 aromatic carbocycles. The standard InChI is InChI=1S/C21H15ClN2O4/c1-12-17(22)5-2-6-18(12)23-19(25)13-7-8-15-16(10-13)21(27)24(20(15)26)11-14-4-3-9-28-14/h2-10H,11H2,1H3,(H,23,25). The van der Waals surface area contributed by atoms with Gasteiger partial charge in [-0.25, -0.2) is 0 Å². The first-order valence-electron chi connectivity index (χ1n) is 8.55. The van der Waals surface area contributed by atoms with Gasteiger partial charge >= 0.3 is 0 Å². The Bertz CT molecular complexity index is 1110. The first-order chi connectivity index (χ1) is 13.5. The van der Waals surface area contributed by atoms with Crippen LogP contribution < -0.4 is 5.32 Å². The van der Waals surface area contributed by atoms with Crippen molar-refractivity contribution in [2.75, 3.05) is 5.32 Å². The van der Waals surface area contributed by atoms with E-state index in [-0.39, 0.29) is 23.2 Å². The Balaban J connectivity index is 1.59. The molecule has 0 bridgehead atoms. The van der Waals surface area contributed by atoms with Crippen LogP contribution in [0, 0.1) is 6.92 Å². The van der Waals surface area contributed by atoms with Gasteiger partial charge in [0.1, 0.15) is 5.76 Å². The van der Waals surface area contributed by atoms with Crippen LogP contribution in [0.15, 0.2) is 59.2 Å². The molecule has 1 aliphatic rings. The highest BCUT2D eigenvalue weighted by Gasteiger charge is 2.36. The number of hydrogen-bond acceptors (Lipinski definition) is 4. The molecular weight excluding hydrogens is 380 g/mol. The van der Waals surface area contributed by atoms with Crippen LogP contribution >= 0.6 is 11.6 Å². The second kappa shape index (κ2) is 6.98. The third-order valence-corrected chi connectivity index (χ3v) is 5.05. The molecule has 1 aliphatic heterocycles. The number of carbonyl (C=O) groups is 3. The molecule has 7 heteroatoms. The van der Waals surface area contributed by atoms with E-state index < -0.39 is 17.7 Å². The highest BCUT2D eigenvalue weighted by atomic mass is 35.5. The third-order valence-electron chi connectivity index (χ3n) is 4.64. The van der Waals surface area contributed by atoms with Crippen LogP contribution in [0.25, 0.3) is 0 Å². The largest absolute Gasteiger partial charge is 0.467 e. The molecule has 1 aromatic heterocycles. The molecule has 0 fully saturated rings. The van der Waals surface area contributed by atoms with Crippen molar-refractivity contribution in [3.63, 3.8) is 0 Å². The number of halogens is 1. The Hall–Kier alpha value is -3.38. The molecule has 6 nitrogen and oxygen atoms in total. The molecule has 0 saturated carbocycles. The number of furan rings is 1. The number of nitrogens with one attached hydrogen (secondary N) is 1. The molecule has 3 aromatic rings. The summed E-state index contributed by atoms with van der Waals surface area (Å²) in [7, 11) is 0. The van der Waals surface area contributed by atoms with Crippen molar-refractivity contribution in [2.24, 2.45) is 0 Å². The first kappa shape index (κ1) is 18.0. The monoisotopic (exact) mass is 394 g/mol. The van der Waals surface area contributed by atoms with Gasteiger partial charge < -0.3 is 9.73 Å². The first-order valence-corrected chi connectivity index (χ1v) is 8.92. The molecule has 2 heterocycles. The minimum Gasteiger partial charge on any atom is -0.467 e. The quantitative estimate of drug-likeness (QED) is 0.669. The van der Waals surface area contributed by atoms with Crippen molar-refractivity contribution in [1.29, 1.82) is 0 Å². The number of nitrogens with zero attached hydrogens (tertiary/aromatic N) is 1. The number of carbonyl (C=O) groups excluding carboxylic acids is 3. The lowest BCUT2D eigenvalue weighted by Crippen LogP contribution is -2.28. The maximum Gasteiger partial charge on any atom is 0.261 e. The number of rotatable bonds is 4. The van der Waals surface area contributed by atoms with Crippen molar-refractivity contribution in [3.8, 4) is 0 Å². The topological polar surface area (TPSA) is 79.6 Å². The molecule has 0 unspecified atom stereocenters. The summed E-state index contributed by atoms with van der Waals surface area (Å²) in [6, 6.07) is 13.1. The van der Waals surface area contributed by atoms with Crippen LogP contribution in [0.5, 0.6) is 0 Å². The van der Waals surface area contributed by atoms with E-state index in [0.29, 0.717) is 16.5 Å². The number of hydrogen-bond donors (Lipinski definition) is 1. The van der Waals surface area contributed by atoms with E-state index in [2.05, 4.69) is 5.32 Å². The Morgan fingerprint density at radius 2 is 1.86 bits per heavy atom. The lowest BCUT2D eigenvalue weighted by Gasteiger charge is -2.11. The molecule has 28 heavy (non-hydrogen) atoms. The Kier molecular flexibility index (Phi) is 4.49. The van der Waals surface area contributed by atoms with Crippen LogP contribution in [-0.4, -0.2) is 22.6 Å². The van der Waals surface area contributed by atoms with Crippen LogP contribution in [0.2, 0.25) is 5.02 Å². The maximum absolute atomic E-state index is 12.7. The van der Waals surface area contributed by atoms with Gasteiger partial charge in [-0.15, -0.1) is 0 Å². The summed E-state index contributed by atoms with van der Waals surface area (Å²) in [4.78, 5) is 38.9.